The average Bonchev–Trinajstić information content (AvgIpc) is 3.56. The summed E-state index contributed by atoms with van der Waals surface area (Å²) in [5.41, 5.74) is 3.52. The molecule has 13 heteroatoms. The summed E-state index contributed by atoms with van der Waals surface area (Å²) in [6.07, 6.45) is 11.0. The van der Waals surface area contributed by atoms with Crippen LogP contribution in [0.2, 0.25) is 0 Å². The number of carbonyl (C=O) groups is 1. The number of terminal acetylenes is 1. The molecule has 2 N–H and O–H groups in total. The van der Waals surface area contributed by atoms with E-state index in [-0.39, 0.29) is 49.1 Å². The van der Waals surface area contributed by atoms with Gasteiger partial charge in [-0.25, -0.2) is 8.78 Å². The van der Waals surface area contributed by atoms with Crippen molar-refractivity contribution >= 4 is 23.1 Å². The number of ether oxygens (including phenoxy) is 1. The fourth-order valence-electron chi connectivity index (χ4n) is 9.28. The molecular formula is C39H43F2N7O4. The quantitative estimate of drug-likeness (QED) is 0.280. The summed E-state index contributed by atoms with van der Waals surface area (Å²) in [4.78, 5) is 34.8. The number of fused-ring (bicyclic) bond motifs is 4. The summed E-state index contributed by atoms with van der Waals surface area (Å²) in [5.74, 6) is 2.56. The average molecular weight is 712 g/mol. The zero-order chi connectivity index (χ0) is 36.3. The largest absolute Gasteiger partial charge is 0.461 e. The van der Waals surface area contributed by atoms with E-state index in [4.69, 9.17) is 21.1 Å². The third kappa shape index (κ3) is 5.91. The first kappa shape index (κ1) is 34.3. The maximum absolute atomic E-state index is 15.0. The van der Waals surface area contributed by atoms with E-state index in [9.17, 15) is 15.0 Å². The highest BCUT2D eigenvalue weighted by Crippen LogP contribution is 2.41. The van der Waals surface area contributed by atoms with Crippen molar-refractivity contribution in [3.05, 3.63) is 77.5 Å². The summed E-state index contributed by atoms with van der Waals surface area (Å²) in [7, 11) is 0. The summed E-state index contributed by atoms with van der Waals surface area (Å²) < 4.78 is 36.5. The lowest BCUT2D eigenvalue weighted by atomic mass is 9.87. The third-order valence-electron chi connectivity index (χ3n) is 11.6. The van der Waals surface area contributed by atoms with Gasteiger partial charge in [0.15, 0.2) is 0 Å². The van der Waals surface area contributed by atoms with Crippen LogP contribution in [0.3, 0.4) is 0 Å². The van der Waals surface area contributed by atoms with Crippen molar-refractivity contribution in [3.63, 3.8) is 0 Å². The number of halogens is 2. The van der Waals surface area contributed by atoms with Gasteiger partial charge in [-0.2, -0.15) is 9.97 Å². The zero-order valence-electron chi connectivity index (χ0n) is 29.2. The Kier molecular flexibility index (Phi) is 8.78. The molecule has 3 aromatic rings. The van der Waals surface area contributed by atoms with Crippen LogP contribution in [0.1, 0.15) is 48.6 Å². The van der Waals surface area contributed by atoms with Gasteiger partial charge in [0.25, 0.3) is 0 Å². The highest BCUT2D eigenvalue weighted by atomic mass is 19.1. The molecule has 11 nitrogen and oxygen atoms in total. The molecule has 1 unspecified atom stereocenters. The maximum Gasteiger partial charge on any atom is 0.318 e. The fourth-order valence-corrected chi connectivity index (χ4v) is 9.28. The maximum atomic E-state index is 15.0. The van der Waals surface area contributed by atoms with Crippen molar-refractivity contribution in [1.29, 1.82) is 0 Å². The number of piperazine rings is 1. The highest BCUT2D eigenvalue weighted by molar-refractivity contribution is 5.88. The number of aromatic nitrogens is 3. The molecule has 2 aromatic heterocycles. The van der Waals surface area contributed by atoms with E-state index in [2.05, 4.69) is 22.4 Å². The molecule has 8 rings (SSSR count). The molecule has 1 aliphatic carbocycles. The molecule has 3 fully saturated rings. The van der Waals surface area contributed by atoms with Gasteiger partial charge in [-0.1, -0.05) is 18.6 Å². The number of anilines is 3. The van der Waals surface area contributed by atoms with E-state index in [1.54, 1.807) is 23.4 Å². The molecule has 1 aromatic carbocycles. The number of nitrogens with zero attached hydrogens (tertiary/aromatic N) is 7. The summed E-state index contributed by atoms with van der Waals surface area (Å²) in [6.45, 7) is 7.13. The number of pyridine rings is 1. The predicted molar refractivity (Wildman–Crippen MR) is 192 cm³/mol. The predicted octanol–water partition coefficient (Wildman–Crippen LogP) is 3.00. The van der Waals surface area contributed by atoms with Crippen LogP contribution in [-0.2, 0) is 24.1 Å². The zero-order valence-corrected chi connectivity index (χ0v) is 29.2. The molecule has 5 aliphatic rings. The molecule has 4 aliphatic heterocycles. The van der Waals surface area contributed by atoms with Crippen LogP contribution in [0, 0.1) is 18.2 Å². The number of benzene rings is 1. The van der Waals surface area contributed by atoms with Gasteiger partial charge in [-0.15, -0.1) is 6.42 Å². The topological polar surface area (TPSA) is 118 Å². The second-order valence-electron chi connectivity index (χ2n) is 15.0. The number of alkyl halides is 1. The number of aliphatic hydroxyl groups excluding tert-OH is 2. The molecule has 0 spiro atoms. The Morgan fingerprint density at radius 2 is 1.94 bits per heavy atom. The van der Waals surface area contributed by atoms with Crippen molar-refractivity contribution in [2.45, 2.75) is 87.5 Å². The normalized spacial score (nSPS) is 29.4. The molecular weight excluding hydrogens is 668 g/mol. The lowest BCUT2D eigenvalue weighted by molar-refractivity contribution is -0.130. The molecule has 2 bridgehead atoms. The van der Waals surface area contributed by atoms with Gasteiger partial charge in [0.2, 0.25) is 5.91 Å². The van der Waals surface area contributed by atoms with Crippen LogP contribution < -0.4 is 19.4 Å². The number of aliphatic hydroxyl groups is 2. The number of amides is 1. The monoisotopic (exact) mass is 711 g/mol. The Hall–Kier alpha value is -4.80. The number of hydrogen-bond donors (Lipinski definition) is 2. The van der Waals surface area contributed by atoms with Gasteiger partial charge in [0, 0.05) is 75.1 Å². The number of β-amino-alcohol motifs (C(OH)–C–C–N with tert-alkyl or cyclic N) is 1. The van der Waals surface area contributed by atoms with E-state index in [0.717, 1.165) is 22.5 Å². The molecule has 52 heavy (non-hydrogen) atoms. The van der Waals surface area contributed by atoms with Crippen molar-refractivity contribution in [2.75, 3.05) is 47.5 Å². The minimum atomic E-state index is -1.04. The summed E-state index contributed by atoms with van der Waals surface area (Å²) in [5, 5.41) is 21.9. The van der Waals surface area contributed by atoms with Crippen LogP contribution in [0.5, 0.6) is 6.01 Å². The van der Waals surface area contributed by atoms with Gasteiger partial charge in [-0.05, 0) is 56.0 Å². The first-order chi connectivity index (χ1) is 25.1. The molecule has 7 atom stereocenters. The van der Waals surface area contributed by atoms with Crippen molar-refractivity contribution in [1.82, 2.24) is 19.9 Å². The Labute approximate surface area is 301 Å². The Morgan fingerprint density at radius 3 is 2.69 bits per heavy atom. The third-order valence-corrected chi connectivity index (χ3v) is 11.6. The van der Waals surface area contributed by atoms with Crippen LogP contribution in [0.25, 0.3) is 0 Å². The Morgan fingerprint density at radius 1 is 1.13 bits per heavy atom. The Bertz CT molecular complexity index is 1930. The van der Waals surface area contributed by atoms with Crippen LogP contribution >= 0.6 is 0 Å². The molecule has 6 heterocycles. The van der Waals surface area contributed by atoms with E-state index < -0.39 is 35.8 Å². The van der Waals surface area contributed by atoms with Gasteiger partial charge in [0.1, 0.15) is 24.4 Å². The first-order valence-corrected chi connectivity index (χ1v) is 18.0. The fraction of sp³-hybridized carbons (Fsp3) is 0.487. The van der Waals surface area contributed by atoms with Crippen LogP contribution in [-0.4, -0.2) is 111 Å². The van der Waals surface area contributed by atoms with Gasteiger partial charge in [-0.3, -0.25) is 9.78 Å². The van der Waals surface area contributed by atoms with Crippen molar-refractivity contribution in [3.8, 4) is 18.4 Å². The second kappa shape index (κ2) is 13.3. The van der Waals surface area contributed by atoms with E-state index >= 15 is 8.78 Å². The second-order valence-corrected chi connectivity index (χ2v) is 15.0. The first-order valence-electron chi connectivity index (χ1n) is 18.0. The summed E-state index contributed by atoms with van der Waals surface area (Å²) in [6, 6.07) is 6.14. The van der Waals surface area contributed by atoms with Crippen molar-refractivity contribution < 1.29 is 28.5 Å². The lowest BCUT2D eigenvalue weighted by Gasteiger charge is -2.44. The smallest absolute Gasteiger partial charge is 0.318 e. The number of hydrogen-bond acceptors (Lipinski definition) is 10. The molecule has 1 amide bonds. The highest BCUT2D eigenvalue weighted by Gasteiger charge is 2.49. The van der Waals surface area contributed by atoms with Crippen molar-refractivity contribution in [2.24, 2.45) is 0 Å². The van der Waals surface area contributed by atoms with Gasteiger partial charge >= 0.3 is 6.01 Å². The van der Waals surface area contributed by atoms with Gasteiger partial charge in [0.05, 0.1) is 46.8 Å². The molecule has 0 radical (unpaired) electrons. The summed E-state index contributed by atoms with van der Waals surface area (Å²) >= 11 is 0. The minimum absolute atomic E-state index is 0.124. The lowest BCUT2D eigenvalue weighted by Crippen LogP contribution is -2.57. The minimum Gasteiger partial charge on any atom is -0.461 e. The van der Waals surface area contributed by atoms with Gasteiger partial charge < -0.3 is 34.5 Å². The standard InChI is InChI=1S/C39H43F2N7O4/c1-4-29-31(41)9-6-23-14-28(49)20-46(36(23)29)26-7-8-30-32(15-26)43-38(52-22-39(3)17-24(40)18-47(39)25-10-12-42-13-11-25)44-37(30)45-19-27-16-34(50)33(21-45)48(27)35(51)5-2/h1,5-6,9-13,24,26-28,33-34,49-50H,2,7-8,14-22H2,3H3/t24-,26+,27-,28+,33-,34?,39+/m1/s1. The number of rotatable bonds is 7. The van der Waals surface area contributed by atoms with Crippen LogP contribution in [0.15, 0.2) is 49.3 Å². The van der Waals surface area contributed by atoms with E-state index in [1.807, 2.05) is 28.9 Å². The number of carbonyl (C=O) groups excluding carboxylic acids is 1. The Balaban J connectivity index is 1.14. The van der Waals surface area contributed by atoms with E-state index in [1.165, 1.54) is 12.1 Å². The molecule has 272 valence electrons. The van der Waals surface area contributed by atoms with Crippen LogP contribution in [0.4, 0.5) is 26.0 Å². The molecule has 3 saturated heterocycles. The molecule has 0 saturated carbocycles. The SMILES string of the molecule is C#Cc1c(F)ccc2c1N([C@H]1CCc3c(nc(OC[C@]4(C)C[C@@H](F)CN4c4ccncc4)nc3N3C[C@H]4CC(O)[C@@H](C3)N4C(=O)C=C)C1)C[C@@H](O)C2. The van der Waals surface area contributed by atoms with E-state index in [0.29, 0.717) is 63.2 Å².